The van der Waals surface area contributed by atoms with E-state index in [0.29, 0.717) is 10.8 Å². The number of nitrogens with zero attached hydrogens (tertiary/aromatic N) is 2. The molecule has 0 spiro atoms. The fourth-order valence-electron chi connectivity index (χ4n) is 1.27. The Balaban J connectivity index is 2.14. The zero-order valence-electron chi connectivity index (χ0n) is 9.08. The van der Waals surface area contributed by atoms with Crippen molar-refractivity contribution in [3.05, 3.63) is 41.7 Å². The lowest BCUT2D eigenvalue weighted by Gasteiger charge is -2.02. The van der Waals surface area contributed by atoms with Gasteiger partial charge in [-0.3, -0.25) is 0 Å². The van der Waals surface area contributed by atoms with Gasteiger partial charge in [0.25, 0.3) is 0 Å². The molecule has 2 heterocycles. The number of pyridine rings is 1. The van der Waals surface area contributed by atoms with E-state index in [1.54, 1.807) is 12.3 Å². The van der Waals surface area contributed by atoms with Gasteiger partial charge < -0.3 is 9.52 Å². The van der Waals surface area contributed by atoms with Crippen LogP contribution in [0.5, 0.6) is 0 Å². The van der Waals surface area contributed by atoms with Crippen molar-refractivity contribution in [2.45, 2.75) is 17.7 Å². The van der Waals surface area contributed by atoms with Gasteiger partial charge in [-0.05, 0) is 19.1 Å². The fraction of sp³-hybridized carbons (Fsp3) is 0.182. The number of oxazole rings is 1. The van der Waals surface area contributed by atoms with E-state index in [0.717, 1.165) is 11.5 Å². The molecular weight excluding hydrogens is 240 g/mol. The molecule has 5 nitrogen and oxygen atoms in total. The van der Waals surface area contributed by atoms with Crippen LogP contribution in [0, 0.1) is 6.92 Å². The van der Waals surface area contributed by atoms with E-state index in [1.807, 2.05) is 6.92 Å². The van der Waals surface area contributed by atoms with Gasteiger partial charge in [0.1, 0.15) is 10.8 Å². The van der Waals surface area contributed by atoms with Crippen LogP contribution in [0.15, 0.2) is 34.2 Å². The van der Waals surface area contributed by atoms with Gasteiger partial charge in [-0.15, -0.1) is 0 Å². The minimum atomic E-state index is -0.975. The summed E-state index contributed by atoms with van der Waals surface area (Å²) >= 11 is 1.33. The fourth-order valence-corrected chi connectivity index (χ4v) is 2.27. The number of carbonyl (C=O) groups is 1. The number of carboxylic acid groups (broad SMARTS) is 1. The normalized spacial score (nSPS) is 10.4. The van der Waals surface area contributed by atoms with E-state index >= 15 is 0 Å². The highest BCUT2D eigenvalue weighted by atomic mass is 32.2. The average Bonchev–Trinajstić information content (AvgIpc) is 2.72. The Labute approximate surface area is 102 Å². The van der Waals surface area contributed by atoms with Crippen molar-refractivity contribution in [3.63, 3.8) is 0 Å². The van der Waals surface area contributed by atoms with Crippen LogP contribution in [0.2, 0.25) is 0 Å². The van der Waals surface area contributed by atoms with E-state index in [4.69, 9.17) is 9.52 Å². The van der Waals surface area contributed by atoms with Gasteiger partial charge in [0.2, 0.25) is 0 Å². The Hall–Kier alpha value is -1.82. The van der Waals surface area contributed by atoms with Gasteiger partial charge >= 0.3 is 5.97 Å². The first-order chi connectivity index (χ1) is 8.18. The summed E-state index contributed by atoms with van der Waals surface area (Å²) in [7, 11) is 0. The largest absolute Gasteiger partial charge is 0.478 e. The molecule has 0 bridgehead atoms. The minimum absolute atomic E-state index is 0.207. The van der Waals surface area contributed by atoms with E-state index in [1.165, 1.54) is 24.2 Å². The number of rotatable bonds is 4. The first-order valence-electron chi connectivity index (χ1n) is 4.88. The van der Waals surface area contributed by atoms with Crippen LogP contribution in [0.1, 0.15) is 21.8 Å². The highest BCUT2D eigenvalue weighted by Gasteiger charge is 2.12. The molecule has 0 aliphatic carbocycles. The summed E-state index contributed by atoms with van der Waals surface area (Å²) in [5.74, 6) is 0.308. The molecule has 0 amide bonds. The number of carboxylic acids is 1. The quantitative estimate of drug-likeness (QED) is 0.839. The topological polar surface area (TPSA) is 76.2 Å². The molecule has 0 atom stereocenters. The second-order valence-electron chi connectivity index (χ2n) is 3.31. The lowest BCUT2D eigenvalue weighted by atomic mass is 10.3. The highest BCUT2D eigenvalue weighted by molar-refractivity contribution is 7.98. The molecule has 0 unspecified atom stereocenters. The summed E-state index contributed by atoms with van der Waals surface area (Å²) in [5.41, 5.74) is 1.01. The van der Waals surface area contributed by atoms with Gasteiger partial charge in [0.15, 0.2) is 6.39 Å². The third-order valence-corrected chi connectivity index (χ3v) is 3.21. The number of hydrogen-bond acceptors (Lipinski definition) is 5. The van der Waals surface area contributed by atoms with Crippen molar-refractivity contribution in [2.24, 2.45) is 0 Å². The van der Waals surface area contributed by atoms with Crippen LogP contribution >= 0.6 is 11.8 Å². The van der Waals surface area contributed by atoms with Gasteiger partial charge in [-0.1, -0.05) is 11.8 Å². The minimum Gasteiger partial charge on any atom is -0.478 e. The number of aromatic nitrogens is 2. The zero-order valence-corrected chi connectivity index (χ0v) is 9.90. The Bertz CT molecular complexity index is 539. The molecule has 1 N–H and O–H groups in total. The maximum absolute atomic E-state index is 11.0. The number of aromatic carboxylic acids is 1. The van der Waals surface area contributed by atoms with Crippen molar-refractivity contribution in [3.8, 4) is 0 Å². The van der Waals surface area contributed by atoms with Crippen LogP contribution in [-0.2, 0) is 5.75 Å². The first kappa shape index (κ1) is 11.7. The molecule has 17 heavy (non-hydrogen) atoms. The Morgan fingerprint density at radius 3 is 3.00 bits per heavy atom. The number of thioether (sulfide) groups is 1. The first-order valence-corrected chi connectivity index (χ1v) is 5.87. The van der Waals surface area contributed by atoms with E-state index in [-0.39, 0.29) is 5.56 Å². The van der Waals surface area contributed by atoms with Gasteiger partial charge in [0, 0.05) is 11.9 Å². The average molecular weight is 250 g/mol. The summed E-state index contributed by atoms with van der Waals surface area (Å²) in [6.45, 7) is 1.82. The molecule has 6 heteroatoms. The summed E-state index contributed by atoms with van der Waals surface area (Å²) in [6, 6.07) is 3.14. The monoisotopic (exact) mass is 250 g/mol. The van der Waals surface area contributed by atoms with Gasteiger partial charge in [-0.2, -0.15) is 0 Å². The molecule has 2 rings (SSSR count). The summed E-state index contributed by atoms with van der Waals surface area (Å²) < 4.78 is 5.07. The van der Waals surface area contributed by atoms with Crippen molar-refractivity contribution >= 4 is 17.7 Å². The third-order valence-electron chi connectivity index (χ3n) is 2.19. The maximum Gasteiger partial charge on any atom is 0.338 e. The Kier molecular flexibility index (Phi) is 3.43. The third kappa shape index (κ3) is 2.65. The van der Waals surface area contributed by atoms with E-state index in [9.17, 15) is 4.79 Å². The smallest absolute Gasteiger partial charge is 0.338 e. The van der Waals surface area contributed by atoms with Gasteiger partial charge in [0.05, 0.1) is 11.3 Å². The standard InChI is InChI=1S/C11H10N2O3S/c1-7-9(13-6-16-7)5-17-10-8(11(14)15)3-2-4-12-10/h2-4,6H,5H2,1H3,(H,14,15). The molecule has 0 radical (unpaired) electrons. The molecule has 0 aliphatic rings. The molecule has 2 aromatic rings. The summed E-state index contributed by atoms with van der Waals surface area (Å²) in [6.07, 6.45) is 2.95. The van der Waals surface area contributed by atoms with E-state index < -0.39 is 5.97 Å². The number of aryl methyl sites for hydroxylation is 1. The second kappa shape index (κ2) is 5.01. The van der Waals surface area contributed by atoms with Crippen molar-refractivity contribution in [1.29, 1.82) is 0 Å². The van der Waals surface area contributed by atoms with Crippen molar-refractivity contribution < 1.29 is 14.3 Å². The Morgan fingerprint density at radius 2 is 2.35 bits per heavy atom. The lowest BCUT2D eigenvalue weighted by molar-refractivity contribution is 0.0692. The molecule has 0 aromatic carbocycles. The molecule has 0 fully saturated rings. The van der Waals surface area contributed by atoms with E-state index in [2.05, 4.69) is 9.97 Å². The summed E-state index contributed by atoms with van der Waals surface area (Å²) in [4.78, 5) is 19.1. The molecule has 88 valence electrons. The second-order valence-corrected chi connectivity index (χ2v) is 4.27. The van der Waals surface area contributed by atoms with Crippen molar-refractivity contribution in [1.82, 2.24) is 9.97 Å². The molecule has 0 saturated heterocycles. The Morgan fingerprint density at radius 1 is 1.53 bits per heavy atom. The zero-order chi connectivity index (χ0) is 12.3. The number of hydrogen-bond donors (Lipinski definition) is 1. The predicted octanol–water partition coefficient (Wildman–Crippen LogP) is 2.37. The SMILES string of the molecule is Cc1ocnc1CSc1ncccc1C(=O)O. The van der Waals surface area contributed by atoms with Crippen LogP contribution in [0.3, 0.4) is 0 Å². The predicted molar refractivity (Wildman–Crippen MR) is 62.0 cm³/mol. The lowest BCUT2D eigenvalue weighted by Crippen LogP contribution is -2.00. The maximum atomic E-state index is 11.0. The van der Waals surface area contributed by atoms with Crippen LogP contribution in [0.25, 0.3) is 0 Å². The van der Waals surface area contributed by atoms with Gasteiger partial charge in [-0.25, -0.2) is 14.8 Å². The molecule has 0 saturated carbocycles. The van der Waals surface area contributed by atoms with Crippen LogP contribution in [-0.4, -0.2) is 21.0 Å². The molecular formula is C11H10N2O3S. The highest BCUT2D eigenvalue weighted by Crippen LogP contribution is 2.24. The summed E-state index contributed by atoms with van der Waals surface area (Å²) in [5, 5.41) is 9.48. The van der Waals surface area contributed by atoms with Crippen molar-refractivity contribution in [2.75, 3.05) is 0 Å². The van der Waals surface area contributed by atoms with Crippen LogP contribution in [0.4, 0.5) is 0 Å². The molecule has 2 aromatic heterocycles. The molecule has 0 aliphatic heterocycles. The van der Waals surface area contributed by atoms with Crippen LogP contribution < -0.4 is 0 Å².